The summed E-state index contributed by atoms with van der Waals surface area (Å²) in [4.78, 5) is 4.48. The number of anilines is 2. The Morgan fingerprint density at radius 3 is 2.38 bits per heavy atom. The van der Waals surface area contributed by atoms with Gasteiger partial charge in [-0.15, -0.1) is 0 Å². The molecule has 1 N–H and O–H groups in total. The Morgan fingerprint density at radius 2 is 1.73 bits per heavy atom. The van der Waals surface area contributed by atoms with E-state index in [4.69, 9.17) is 9.47 Å². The molecule has 0 aliphatic carbocycles. The van der Waals surface area contributed by atoms with Crippen LogP contribution in [0.1, 0.15) is 25.6 Å². The van der Waals surface area contributed by atoms with E-state index >= 15 is 0 Å². The number of ether oxygens (including phenoxy) is 2. The van der Waals surface area contributed by atoms with E-state index in [1.165, 1.54) is 0 Å². The Morgan fingerprint density at radius 1 is 0.962 bits per heavy atom. The Labute approximate surface area is 154 Å². The van der Waals surface area contributed by atoms with Crippen molar-refractivity contribution in [1.82, 2.24) is 4.98 Å². The first-order chi connectivity index (χ1) is 12.7. The van der Waals surface area contributed by atoms with Crippen LogP contribution in [0, 0.1) is 0 Å². The van der Waals surface area contributed by atoms with E-state index in [-0.39, 0.29) is 6.10 Å². The summed E-state index contributed by atoms with van der Waals surface area (Å²) in [6.07, 6.45) is 1.84. The third-order valence-electron chi connectivity index (χ3n) is 4.20. The van der Waals surface area contributed by atoms with Crippen molar-refractivity contribution in [3.63, 3.8) is 0 Å². The van der Waals surface area contributed by atoms with Gasteiger partial charge in [-0.05, 0) is 61.4 Å². The Hall–Kier alpha value is -2.85. The molecule has 1 heterocycles. The number of nitrogens with one attached hydrogen (secondary N) is 1. The molecule has 3 rings (SSSR count). The molecule has 1 aromatic heterocycles. The number of pyridine rings is 1. The standard InChI is InChI=1S/C22H24N2O2/c1-4-26-16(2)22-13-12-20(15-23-22)24-19-10-8-17(9-11-19)18-6-5-7-21(14-18)25-3/h5-16,24H,4H2,1-3H3. The summed E-state index contributed by atoms with van der Waals surface area (Å²) in [6, 6.07) is 20.4. The van der Waals surface area contributed by atoms with Gasteiger partial charge in [0.05, 0.1) is 30.8 Å². The average molecular weight is 348 g/mol. The van der Waals surface area contributed by atoms with Crippen molar-refractivity contribution in [3.05, 3.63) is 72.6 Å². The molecule has 134 valence electrons. The molecule has 0 spiro atoms. The van der Waals surface area contributed by atoms with Gasteiger partial charge in [-0.3, -0.25) is 4.98 Å². The van der Waals surface area contributed by atoms with Gasteiger partial charge in [0.2, 0.25) is 0 Å². The van der Waals surface area contributed by atoms with Crippen LogP contribution in [0.25, 0.3) is 11.1 Å². The summed E-state index contributed by atoms with van der Waals surface area (Å²) >= 11 is 0. The number of nitrogens with zero attached hydrogens (tertiary/aromatic N) is 1. The van der Waals surface area contributed by atoms with Gasteiger partial charge in [-0.2, -0.15) is 0 Å². The number of aromatic nitrogens is 1. The normalized spacial score (nSPS) is 11.8. The summed E-state index contributed by atoms with van der Waals surface area (Å²) in [7, 11) is 1.68. The number of rotatable bonds is 7. The molecule has 1 unspecified atom stereocenters. The Kier molecular flexibility index (Phi) is 5.87. The number of hydrogen-bond donors (Lipinski definition) is 1. The van der Waals surface area contributed by atoms with Crippen LogP contribution in [0.5, 0.6) is 5.75 Å². The summed E-state index contributed by atoms with van der Waals surface area (Å²) in [5, 5.41) is 3.38. The van der Waals surface area contributed by atoms with Crippen LogP contribution >= 0.6 is 0 Å². The largest absolute Gasteiger partial charge is 0.497 e. The molecule has 0 radical (unpaired) electrons. The summed E-state index contributed by atoms with van der Waals surface area (Å²) in [5.74, 6) is 0.858. The van der Waals surface area contributed by atoms with Crippen LogP contribution in [0.3, 0.4) is 0 Å². The van der Waals surface area contributed by atoms with E-state index in [0.29, 0.717) is 6.61 Å². The molecule has 3 aromatic rings. The first-order valence-electron chi connectivity index (χ1n) is 8.78. The highest BCUT2D eigenvalue weighted by Crippen LogP contribution is 2.26. The van der Waals surface area contributed by atoms with Crippen molar-refractivity contribution in [1.29, 1.82) is 0 Å². The Balaban J connectivity index is 1.69. The van der Waals surface area contributed by atoms with Crippen molar-refractivity contribution in [2.75, 3.05) is 19.0 Å². The first kappa shape index (κ1) is 18.0. The SMILES string of the molecule is CCOC(C)c1ccc(Nc2ccc(-c3cccc(OC)c3)cc2)cn1. The van der Waals surface area contributed by atoms with Crippen molar-refractivity contribution < 1.29 is 9.47 Å². The molecule has 0 amide bonds. The van der Waals surface area contributed by atoms with Crippen LogP contribution < -0.4 is 10.1 Å². The van der Waals surface area contributed by atoms with E-state index in [9.17, 15) is 0 Å². The number of hydrogen-bond acceptors (Lipinski definition) is 4. The van der Waals surface area contributed by atoms with Crippen molar-refractivity contribution in [3.8, 4) is 16.9 Å². The monoisotopic (exact) mass is 348 g/mol. The molecule has 0 fully saturated rings. The highest BCUT2D eigenvalue weighted by Gasteiger charge is 2.06. The van der Waals surface area contributed by atoms with Gasteiger partial charge in [0.15, 0.2) is 0 Å². The first-order valence-corrected chi connectivity index (χ1v) is 8.78. The minimum absolute atomic E-state index is 0.0104. The van der Waals surface area contributed by atoms with E-state index in [1.54, 1.807) is 7.11 Å². The molecule has 1 atom stereocenters. The third kappa shape index (κ3) is 4.41. The van der Waals surface area contributed by atoms with Crippen molar-refractivity contribution in [2.45, 2.75) is 20.0 Å². The topological polar surface area (TPSA) is 43.4 Å². The van der Waals surface area contributed by atoms with E-state index in [1.807, 2.05) is 50.4 Å². The number of benzene rings is 2. The van der Waals surface area contributed by atoms with Crippen LogP contribution in [0.4, 0.5) is 11.4 Å². The van der Waals surface area contributed by atoms with Crippen LogP contribution in [0.2, 0.25) is 0 Å². The zero-order valence-corrected chi connectivity index (χ0v) is 15.4. The second-order valence-corrected chi connectivity index (χ2v) is 6.00. The maximum Gasteiger partial charge on any atom is 0.119 e. The summed E-state index contributed by atoms with van der Waals surface area (Å²) < 4.78 is 10.9. The summed E-state index contributed by atoms with van der Waals surface area (Å²) in [5.41, 5.74) is 5.18. The van der Waals surface area contributed by atoms with Crippen LogP contribution in [0.15, 0.2) is 66.9 Å². The van der Waals surface area contributed by atoms with Gasteiger partial charge in [-0.1, -0.05) is 24.3 Å². The smallest absolute Gasteiger partial charge is 0.119 e. The van der Waals surface area contributed by atoms with Gasteiger partial charge in [-0.25, -0.2) is 0 Å². The van der Waals surface area contributed by atoms with Gasteiger partial charge in [0, 0.05) is 12.3 Å². The molecule has 0 saturated heterocycles. The highest BCUT2D eigenvalue weighted by molar-refractivity contribution is 5.69. The third-order valence-corrected chi connectivity index (χ3v) is 4.20. The fourth-order valence-electron chi connectivity index (χ4n) is 2.77. The maximum absolute atomic E-state index is 5.57. The maximum atomic E-state index is 5.57. The van der Waals surface area contributed by atoms with Crippen LogP contribution in [-0.2, 0) is 4.74 Å². The molecule has 0 aliphatic rings. The fraction of sp³-hybridized carbons (Fsp3) is 0.227. The van der Waals surface area contributed by atoms with Crippen molar-refractivity contribution >= 4 is 11.4 Å². The van der Waals surface area contributed by atoms with Gasteiger partial charge in [0.1, 0.15) is 5.75 Å². The zero-order valence-electron chi connectivity index (χ0n) is 15.4. The molecule has 0 aliphatic heterocycles. The lowest BCUT2D eigenvalue weighted by Gasteiger charge is -2.12. The van der Waals surface area contributed by atoms with E-state index in [2.05, 4.69) is 40.6 Å². The second-order valence-electron chi connectivity index (χ2n) is 6.00. The van der Waals surface area contributed by atoms with Gasteiger partial charge < -0.3 is 14.8 Å². The van der Waals surface area contributed by atoms with Gasteiger partial charge >= 0.3 is 0 Å². The molecule has 0 bridgehead atoms. The molecular formula is C22H24N2O2. The highest BCUT2D eigenvalue weighted by atomic mass is 16.5. The zero-order chi connectivity index (χ0) is 18.4. The lowest BCUT2D eigenvalue weighted by atomic mass is 10.1. The van der Waals surface area contributed by atoms with Crippen LogP contribution in [-0.4, -0.2) is 18.7 Å². The molecule has 4 heteroatoms. The average Bonchev–Trinajstić information content (AvgIpc) is 2.69. The second kappa shape index (κ2) is 8.50. The predicted molar refractivity (Wildman–Crippen MR) is 106 cm³/mol. The molecule has 0 saturated carbocycles. The quantitative estimate of drug-likeness (QED) is 0.604. The van der Waals surface area contributed by atoms with Gasteiger partial charge in [0.25, 0.3) is 0 Å². The van der Waals surface area contributed by atoms with E-state index in [0.717, 1.165) is 33.9 Å². The fourth-order valence-corrected chi connectivity index (χ4v) is 2.77. The Bertz CT molecular complexity index is 830. The summed E-state index contributed by atoms with van der Waals surface area (Å²) in [6.45, 7) is 4.68. The lowest BCUT2D eigenvalue weighted by molar-refractivity contribution is 0.0734. The molecule has 26 heavy (non-hydrogen) atoms. The van der Waals surface area contributed by atoms with Crippen molar-refractivity contribution in [2.24, 2.45) is 0 Å². The lowest BCUT2D eigenvalue weighted by Crippen LogP contribution is -2.02. The number of methoxy groups -OCH3 is 1. The minimum atomic E-state index is 0.0104. The molecule has 4 nitrogen and oxygen atoms in total. The molecular weight excluding hydrogens is 324 g/mol. The van der Waals surface area contributed by atoms with E-state index < -0.39 is 0 Å². The minimum Gasteiger partial charge on any atom is -0.497 e. The molecule has 2 aromatic carbocycles. The predicted octanol–water partition coefficient (Wildman–Crippen LogP) is 5.60.